The highest BCUT2D eigenvalue weighted by Crippen LogP contribution is 2.64. The lowest BCUT2D eigenvalue weighted by atomic mass is 9.88. The van der Waals surface area contributed by atoms with Gasteiger partial charge in [-0.2, -0.15) is 74.6 Å². The normalized spacial score (nSPS) is 15.5. The molecule has 0 rings (SSSR count). The molecule has 0 heterocycles. The molecule has 190 valence electrons. The maximum Gasteiger partial charge on any atom is 0.460 e. The molecule has 0 atom stereocenters. The molecule has 0 saturated carbocycles. The molecule has 1 nitrogen and oxygen atoms in total. The van der Waals surface area contributed by atoms with Crippen LogP contribution in [0.4, 0.5) is 74.6 Å². The third kappa shape index (κ3) is 4.63. The zero-order chi connectivity index (χ0) is 26.2. The van der Waals surface area contributed by atoms with E-state index in [-0.39, 0.29) is 11.8 Å². The highest BCUT2D eigenvalue weighted by Gasteiger charge is 2.95. The molecule has 0 unspecified atom stereocenters. The quantitative estimate of drug-likeness (QED) is 0.117. The van der Waals surface area contributed by atoms with Crippen LogP contribution in [0, 0.1) is 0 Å². The van der Waals surface area contributed by atoms with Gasteiger partial charge in [0.05, 0.1) is 11.0 Å². The van der Waals surface area contributed by atoms with Crippen molar-refractivity contribution in [2.75, 3.05) is 11.6 Å². The molecule has 0 aliphatic carbocycles. The zero-order valence-electron chi connectivity index (χ0n) is 14.3. The molecule has 0 bridgehead atoms. The number of isothiocyanates is 1. The first-order valence-electron chi connectivity index (χ1n) is 7.14. The first kappa shape index (κ1) is 31.0. The van der Waals surface area contributed by atoms with Gasteiger partial charge in [-0.15, -0.1) is 11.8 Å². The van der Waals surface area contributed by atoms with Crippen LogP contribution in [0.5, 0.6) is 0 Å². The molecule has 0 fully saturated rings. The van der Waals surface area contributed by atoms with Crippen molar-refractivity contribution in [1.82, 2.24) is 0 Å². The molecule has 0 aromatic rings. The van der Waals surface area contributed by atoms with Crippen LogP contribution >= 0.6 is 24.0 Å². The van der Waals surface area contributed by atoms with E-state index in [1.54, 1.807) is 5.16 Å². The number of thiocarbonyl (C=S) groups is 1. The van der Waals surface area contributed by atoms with E-state index in [2.05, 4.69) is 17.2 Å². The number of halogens is 17. The second kappa shape index (κ2) is 8.96. The Morgan fingerprint density at radius 2 is 0.906 bits per heavy atom. The third-order valence-corrected chi connectivity index (χ3v) is 4.50. The minimum Gasteiger partial charge on any atom is -0.222 e. The molecule has 0 aromatic carbocycles. The van der Waals surface area contributed by atoms with Gasteiger partial charge in [-0.05, 0) is 12.2 Å². The van der Waals surface area contributed by atoms with Gasteiger partial charge in [0.15, 0.2) is 0 Å². The summed E-state index contributed by atoms with van der Waals surface area (Å²) in [5, 5.41) is 1.63. The van der Waals surface area contributed by atoms with Crippen LogP contribution in [-0.4, -0.2) is 64.4 Å². The summed E-state index contributed by atoms with van der Waals surface area (Å²) in [4.78, 5) is 3.03. The lowest BCUT2D eigenvalue weighted by Gasteiger charge is -2.42. The minimum absolute atomic E-state index is 0.121. The van der Waals surface area contributed by atoms with E-state index in [9.17, 15) is 74.6 Å². The number of thioether (sulfide) groups is 1. The smallest absolute Gasteiger partial charge is 0.222 e. The number of aliphatic imine (C=N–C) groups is 1. The maximum atomic E-state index is 13.5. The number of nitrogens with zero attached hydrogens (tertiary/aromatic N) is 1. The van der Waals surface area contributed by atoms with Crippen LogP contribution in [0.3, 0.4) is 0 Å². The summed E-state index contributed by atoms with van der Waals surface area (Å²) in [6, 6.07) is 0. The van der Waals surface area contributed by atoms with E-state index >= 15 is 0 Å². The van der Waals surface area contributed by atoms with Gasteiger partial charge in [0.2, 0.25) is 0 Å². The van der Waals surface area contributed by atoms with Crippen LogP contribution in [0.2, 0.25) is 0 Å². The molecular weight excluding hydrogens is 545 g/mol. The van der Waals surface area contributed by atoms with Gasteiger partial charge in [-0.25, -0.2) is 4.99 Å². The summed E-state index contributed by atoms with van der Waals surface area (Å²) in [5.74, 6) is -58.0. The Bertz CT molecular complexity index is 707. The Balaban J connectivity index is 6.32. The molecule has 0 amide bonds. The monoisotopic (exact) mass is 551 g/mol. The van der Waals surface area contributed by atoms with Crippen LogP contribution in [0.25, 0.3) is 0 Å². The highest BCUT2D eigenvalue weighted by atomic mass is 32.2. The van der Waals surface area contributed by atoms with Gasteiger partial charge in [0.1, 0.15) is 0 Å². The third-order valence-electron chi connectivity index (χ3n) is 3.57. The number of hydrogen-bond donors (Lipinski definition) is 0. The van der Waals surface area contributed by atoms with E-state index < -0.39 is 65.7 Å². The van der Waals surface area contributed by atoms with E-state index in [1.165, 1.54) is 0 Å². The fourth-order valence-corrected chi connectivity index (χ4v) is 2.52. The van der Waals surface area contributed by atoms with Crippen molar-refractivity contribution >= 4 is 29.1 Å². The van der Waals surface area contributed by atoms with Crippen molar-refractivity contribution < 1.29 is 74.6 Å². The summed E-state index contributed by atoms with van der Waals surface area (Å²) >= 11 is 4.12. The molecular formula is C12H6F17NS2. The molecule has 0 aliphatic rings. The fraction of sp³-hybridized carbons (Fsp3) is 0.917. The Kier molecular flexibility index (Phi) is 8.67. The summed E-state index contributed by atoms with van der Waals surface area (Å²) in [7, 11) is 0. The topological polar surface area (TPSA) is 12.4 Å². The van der Waals surface area contributed by atoms with E-state index in [0.29, 0.717) is 0 Å². The van der Waals surface area contributed by atoms with E-state index in [0.717, 1.165) is 0 Å². The Hall–Kier alpha value is -1.04. The predicted molar refractivity (Wildman–Crippen MR) is 77.7 cm³/mol. The summed E-state index contributed by atoms with van der Waals surface area (Å²) in [6.07, 6.45) is -10.3. The van der Waals surface area contributed by atoms with Gasteiger partial charge in [-0.3, -0.25) is 0 Å². The van der Waals surface area contributed by atoms with Crippen molar-refractivity contribution in [3.8, 4) is 0 Å². The van der Waals surface area contributed by atoms with Crippen molar-refractivity contribution in [1.29, 1.82) is 0 Å². The second-order valence-electron chi connectivity index (χ2n) is 5.69. The first-order valence-corrected chi connectivity index (χ1v) is 8.70. The molecule has 0 N–H and O–H groups in total. The number of rotatable bonds is 11. The molecule has 0 saturated heterocycles. The Morgan fingerprint density at radius 3 is 1.25 bits per heavy atom. The van der Waals surface area contributed by atoms with Crippen LogP contribution < -0.4 is 0 Å². The molecule has 0 spiro atoms. The van der Waals surface area contributed by atoms with Gasteiger partial charge < -0.3 is 0 Å². The summed E-state index contributed by atoms with van der Waals surface area (Å²) in [6.45, 7) is 0. The fourth-order valence-electron chi connectivity index (χ4n) is 1.69. The average Bonchev–Trinajstić information content (AvgIpc) is 2.59. The zero-order valence-corrected chi connectivity index (χ0v) is 15.9. The van der Waals surface area contributed by atoms with Crippen molar-refractivity contribution in [2.45, 2.75) is 54.1 Å². The average molecular weight is 551 g/mol. The summed E-state index contributed by atoms with van der Waals surface area (Å²) in [5.41, 5.74) is 0. The largest absolute Gasteiger partial charge is 0.460 e. The predicted octanol–water partition coefficient (Wildman–Crippen LogP) is 7.18. The molecule has 32 heavy (non-hydrogen) atoms. The van der Waals surface area contributed by atoms with Crippen LogP contribution in [-0.2, 0) is 0 Å². The molecule has 0 aliphatic heterocycles. The SMILES string of the molecule is FC(F)(F)C(F)(F)C(F)(F)C(F)(F)C(F)(F)C(F)(F)C(F)(F)C(F)(F)CCSCN=C=S. The molecule has 0 radical (unpaired) electrons. The first-order chi connectivity index (χ1) is 13.8. The maximum absolute atomic E-state index is 13.5. The van der Waals surface area contributed by atoms with E-state index in [4.69, 9.17) is 0 Å². The van der Waals surface area contributed by atoms with E-state index in [1.807, 2.05) is 0 Å². The molecule has 0 aromatic heterocycles. The van der Waals surface area contributed by atoms with Gasteiger partial charge in [0.25, 0.3) is 0 Å². The lowest BCUT2D eigenvalue weighted by Crippen LogP contribution is -2.74. The van der Waals surface area contributed by atoms with Gasteiger partial charge >= 0.3 is 47.6 Å². The number of alkyl halides is 17. The van der Waals surface area contributed by atoms with Gasteiger partial charge in [0, 0.05) is 12.2 Å². The Labute approximate surface area is 175 Å². The minimum atomic E-state index is -8.61. The molecule has 20 heteroatoms. The highest BCUT2D eigenvalue weighted by molar-refractivity contribution is 7.99. The number of hydrogen-bond acceptors (Lipinski definition) is 3. The van der Waals surface area contributed by atoms with Crippen molar-refractivity contribution in [2.24, 2.45) is 4.99 Å². The lowest BCUT2D eigenvalue weighted by molar-refractivity contribution is -0.461. The summed E-state index contributed by atoms with van der Waals surface area (Å²) < 4.78 is 221. The second-order valence-corrected chi connectivity index (χ2v) is 6.94. The standard InChI is InChI=1S/C12H6F17NS2/c13-5(14,1-2-32-4-30-3-31)6(15,16)7(17,18)8(19,20)9(21,22)10(23,24)11(25,26)12(27,28)29/h1-2,4H2. The Morgan fingerprint density at radius 1 is 0.562 bits per heavy atom. The van der Waals surface area contributed by atoms with Crippen LogP contribution in [0.1, 0.15) is 6.42 Å². The van der Waals surface area contributed by atoms with Gasteiger partial charge in [-0.1, -0.05) is 0 Å². The van der Waals surface area contributed by atoms with Crippen LogP contribution in [0.15, 0.2) is 4.99 Å². The van der Waals surface area contributed by atoms with Crippen molar-refractivity contribution in [3.05, 3.63) is 0 Å². The van der Waals surface area contributed by atoms with Crippen molar-refractivity contribution in [3.63, 3.8) is 0 Å².